The molecule has 1 amide bonds. The molecule has 0 radical (unpaired) electrons. The predicted octanol–water partition coefficient (Wildman–Crippen LogP) is 2.63. The Bertz CT molecular complexity index is 764. The lowest BCUT2D eigenvalue weighted by atomic mass is 10.1. The smallest absolute Gasteiger partial charge is 0.293 e. The average molecular weight is 382 g/mol. The van der Waals surface area contributed by atoms with Crippen LogP contribution in [0.2, 0.25) is 0 Å². The number of carbonyl (C=O) groups is 1. The summed E-state index contributed by atoms with van der Waals surface area (Å²) in [6.45, 7) is 6.29. The van der Waals surface area contributed by atoms with Crippen LogP contribution in [-0.4, -0.2) is 52.3 Å². The van der Waals surface area contributed by atoms with Gasteiger partial charge in [-0.3, -0.25) is 4.79 Å². The number of aromatic nitrogens is 3. The maximum atomic E-state index is 13.6. The predicted molar refractivity (Wildman–Crippen MR) is 101 cm³/mol. The number of halogens is 2. The van der Waals surface area contributed by atoms with Crippen molar-refractivity contribution in [1.29, 1.82) is 0 Å². The van der Waals surface area contributed by atoms with E-state index in [1.165, 1.54) is 12.1 Å². The van der Waals surface area contributed by atoms with Gasteiger partial charge in [0, 0.05) is 19.0 Å². The number of hydrogen-bond acceptors (Lipinski definition) is 4. The molecule has 2 heterocycles. The molecule has 1 aromatic heterocycles. The maximum absolute atomic E-state index is 13.6. The summed E-state index contributed by atoms with van der Waals surface area (Å²) in [5, 5.41) is 7.55. The van der Waals surface area contributed by atoms with E-state index >= 15 is 0 Å². The van der Waals surface area contributed by atoms with Crippen LogP contribution in [0, 0.1) is 11.7 Å². The highest BCUT2D eigenvalue weighted by atomic mass is 35.5. The first-order chi connectivity index (χ1) is 12.0. The maximum Gasteiger partial charge on any atom is 0.293 e. The highest BCUT2D eigenvalue weighted by Crippen LogP contribution is 2.21. The normalized spacial score (nSPS) is 16.8. The van der Waals surface area contributed by atoms with Gasteiger partial charge in [-0.05, 0) is 44.1 Å². The Morgan fingerprint density at radius 1 is 1.42 bits per heavy atom. The van der Waals surface area contributed by atoms with Gasteiger partial charge in [-0.2, -0.15) is 0 Å². The molecular formula is C18H25ClFN5O. The summed E-state index contributed by atoms with van der Waals surface area (Å²) >= 11 is 0. The third-order valence-electron chi connectivity index (χ3n) is 4.46. The number of amides is 1. The van der Waals surface area contributed by atoms with Gasteiger partial charge in [-0.1, -0.05) is 19.9 Å². The lowest BCUT2D eigenvalue weighted by Gasteiger charge is -2.14. The van der Waals surface area contributed by atoms with Crippen molar-refractivity contribution >= 4 is 18.3 Å². The number of hydrogen-bond donors (Lipinski definition) is 1. The standard InChI is InChI=1S/C18H24FN5O.ClH/c1-12(2)17-21-16(18(25)23-8-7-13(11-23)10-20-3)22-24(17)15-6-4-5-14(19)9-15;/h4-6,9,12-13,20H,7-8,10-11H2,1-3H3;1H. The molecular weight excluding hydrogens is 357 g/mol. The third-order valence-corrected chi connectivity index (χ3v) is 4.46. The summed E-state index contributed by atoms with van der Waals surface area (Å²) in [7, 11) is 1.92. The minimum atomic E-state index is -0.343. The molecule has 1 aliphatic rings. The van der Waals surface area contributed by atoms with Crippen LogP contribution in [0.15, 0.2) is 24.3 Å². The van der Waals surface area contributed by atoms with Crippen molar-refractivity contribution in [2.24, 2.45) is 5.92 Å². The van der Waals surface area contributed by atoms with E-state index in [2.05, 4.69) is 15.4 Å². The number of carbonyl (C=O) groups excluding carboxylic acids is 1. The number of nitrogens with one attached hydrogen (secondary N) is 1. The van der Waals surface area contributed by atoms with Crippen LogP contribution in [0.1, 0.15) is 42.6 Å². The van der Waals surface area contributed by atoms with Crippen LogP contribution in [0.25, 0.3) is 5.69 Å². The largest absolute Gasteiger partial charge is 0.336 e. The minimum Gasteiger partial charge on any atom is -0.336 e. The van der Waals surface area contributed by atoms with Crippen molar-refractivity contribution in [1.82, 2.24) is 25.0 Å². The number of rotatable bonds is 5. The van der Waals surface area contributed by atoms with Gasteiger partial charge in [0.1, 0.15) is 11.6 Å². The van der Waals surface area contributed by atoms with Crippen molar-refractivity contribution in [2.75, 3.05) is 26.7 Å². The molecule has 1 saturated heterocycles. The topological polar surface area (TPSA) is 63.1 Å². The molecule has 2 aromatic rings. The van der Waals surface area contributed by atoms with E-state index in [0.29, 0.717) is 24.0 Å². The summed E-state index contributed by atoms with van der Waals surface area (Å²) in [6.07, 6.45) is 0.980. The van der Waals surface area contributed by atoms with Gasteiger partial charge < -0.3 is 10.2 Å². The first kappa shape index (κ1) is 20.3. The summed E-state index contributed by atoms with van der Waals surface area (Å²) in [6, 6.07) is 6.17. The molecule has 0 bridgehead atoms. The van der Waals surface area contributed by atoms with E-state index in [1.54, 1.807) is 21.7 Å². The van der Waals surface area contributed by atoms with Crippen LogP contribution in [0.4, 0.5) is 4.39 Å². The molecule has 8 heteroatoms. The van der Waals surface area contributed by atoms with Crippen LogP contribution < -0.4 is 5.32 Å². The van der Waals surface area contributed by atoms with Crippen LogP contribution in [0.5, 0.6) is 0 Å². The van der Waals surface area contributed by atoms with Crippen molar-refractivity contribution < 1.29 is 9.18 Å². The lowest BCUT2D eigenvalue weighted by Crippen LogP contribution is -2.31. The minimum absolute atomic E-state index is 0. The van der Waals surface area contributed by atoms with Gasteiger partial charge in [0.25, 0.3) is 5.91 Å². The fourth-order valence-electron chi connectivity index (χ4n) is 3.20. The Labute approximate surface area is 159 Å². The van der Waals surface area contributed by atoms with Gasteiger partial charge in [0.2, 0.25) is 5.82 Å². The quantitative estimate of drug-likeness (QED) is 0.864. The zero-order valence-electron chi connectivity index (χ0n) is 15.3. The highest BCUT2D eigenvalue weighted by Gasteiger charge is 2.30. The van der Waals surface area contributed by atoms with Crippen LogP contribution >= 0.6 is 12.4 Å². The van der Waals surface area contributed by atoms with Crippen molar-refractivity contribution in [2.45, 2.75) is 26.2 Å². The van der Waals surface area contributed by atoms with E-state index in [4.69, 9.17) is 0 Å². The molecule has 3 rings (SSSR count). The van der Waals surface area contributed by atoms with Gasteiger partial charge in [0.15, 0.2) is 0 Å². The molecule has 0 aliphatic carbocycles. The molecule has 6 nitrogen and oxygen atoms in total. The molecule has 1 fully saturated rings. The second kappa shape index (κ2) is 8.60. The average Bonchev–Trinajstić information content (AvgIpc) is 3.21. The second-order valence-corrected chi connectivity index (χ2v) is 6.80. The first-order valence-electron chi connectivity index (χ1n) is 8.66. The summed E-state index contributed by atoms with van der Waals surface area (Å²) in [4.78, 5) is 19.0. The zero-order chi connectivity index (χ0) is 18.0. The molecule has 142 valence electrons. The van der Waals surface area contributed by atoms with Gasteiger partial charge >= 0.3 is 0 Å². The molecule has 0 spiro atoms. The number of likely N-dealkylation sites (tertiary alicyclic amines) is 1. The van der Waals surface area contributed by atoms with E-state index in [1.807, 2.05) is 20.9 Å². The molecule has 1 aliphatic heterocycles. The van der Waals surface area contributed by atoms with E-state index < -0.39 is 0 Å². The van der Waals surface area contributed by atoms with Crippen LogP contribution in [-0.2, 0) is 0 Å². The Balaban J connectivity index is 0.00000243. The van der Waals surface area contributed by atoms with E-state index in [9.17, 15) is 9.18 Å². The first-order valence-corrected chi connectivity index (χ1v) is 8.66. The number of nitrogens with zero attached hydrogens (tertiary/aromatic N) is 4. The molecule has 1 atom stereocenters. The van der Waals surface area contributed by atoms with Gasteiger partial charge in [0.05, 0.1) is 5.69 Å². The fourth-order valence-corrected chi connectivity index (χ4v) is 3.20. The Morgan fingerprint density at radius 3 is 2.85 bits per heavy atom. The Hall–Kier alpha value is -1.99. The summed E-state index contributed by atoms with van der Waals surface area (Å²) < 4.78 is 15.1. The summed E-state index contributed by atoms with van der Waals surface area (Å²) in [5.74, 6) is 0.857. The summed E-state index contributed by atoms with van der Waals surface area (Å²) in [5.41, 5.74) is 0.574. The third kappa shape index (κ3) is 4.22. The van der Waals surface area contributed by atoms with Gasteiger partial charge in [-0.15, -0.1) is 17.5 Å². The van der Waals surface area contributed by atoms with Crippen molar-refractivity contribution in [3.8, 4) is 5.69 Å². The molecule has 1 N–H and O–H groups in total. The fraction of sp³-hybridized carbons (Fsp3) is 0.500. The SMILES string of the molecule is CNCC1CCN(C(=O)c2nc(C(C)C)n(-c3cccc(F)c3)n2)C1.Cl. The van der Waals surface area contributed by atoms with Crippen molar-refractivity contribution in [3.63, 3.8) is 0 Å². The van der Waals surface area contributed by atoms with Gasteiger partial charge in [-0.25, -0.2) is 14.1 Å². The molecule has 26 heavy (non-hydrogen) atoms. The molecule has 0 saturated carbocycles. The van der Waals surface area contributed by atoms with Crippen molar-refractivity contribution in [3.05, 3.63) is 41.7 Å². The Kier molecular flexibility index (Phi) is 6.72. The zero-order valence-corrected chi connectivity index (χ0v) is 16.1. The lowest BCUT2D eigenvalue weighted by molar-refractivity contribution is 0.0775. The van der Waals surface area contributed by atoms with Crippen LogP contribution in [0.3, 0.4) is 0 Å². The van der Waals surface area contributed by atoms with E-state index in [-0.39, 0.29) is 35.9 Å². The Morgan fingerprint density at radius 2 is 2.19 bits per heavy atom. The highest BCUT2D eigenvalue weighted by molar-refractivity contribution is 5.90. The molecule has 1 aromatic carbocycles. The second-order valence-electron chi connectivity index (χ2n) is 6.80. The monoisotopic (exact) mass is 381 g/mol. The van der Waals surface area contributed by atoms with E-state index in [0.717, 1.165) is 19.5 Å². The number of benzene rings is 1. The molecule has 1 unspecified atom stereocenters.